The fourth-order valence-corrected chi connectivity index (χ4v) is 3.31. The van der Waals surface area contributed by atoms with Crippen LogP contribution in [0.4, 0.5) is 0 Å². The van der Waals surface area contributed by atoms with Crippen molar-refractivity contribution in [3.05, 3.63) is 29.8 Å². The van der Waals surface area contributed by atoms with Gasteiger partial charge in [-0.3, -0.25) is 4.99 Å². The molecule has 1 saturated heterocycles. The van der Waals surface area contributed by atoms with Gasteiger partial charge in [0.25, 0.3) is 0 Å². The Morgan fingerprint density at radius 3 is 2.61 bits per heavy atom. The van der Waals surface area contributed by atoms with E-state index in [0.717, 1.165) is 76.8 Å². The van der Waals surface area contributed by atoms with E-state index in [1.807, 2.05) is 18.2 Å². The van der Waals surface area contributed by atoms with E-state index in [0.29, 0.717) is 6.10 Å². The van der Waals surface area contributed by atoms with E-state index in [1.54, 1.807) is 14.2 Å². The Kier molecular flexibility index (Phi) is 13.3. The molecule has 1 aliphatic rings. The maximum Gasteiger partial charge on any atom is 0.193 e. The third-order valence-electron chi connectivity index (χ3n) is 4.76. The number of hydrogen-bond acceptors (Lipinski definition) is 4. The smallest absolute Gasteiger partial charge is 0.193 e. The van der Waals surface area contributed by atoms with Gasteiger partial charge in [-0.2, -0.15) is 0 Å². The van der Waals surface area contributed by atoms with Gasteiger partial charge >= 0.3 is 0 Å². The number of hydrogen-bond donors (Lipinski definition) is 1. The Hall–Kier alpha value is -1.06. The normalized spacial score (nSPS) is 15.2. The summed E-state index contributed by atoms with van der Waals surface area (Å²) in [6.07, 6.45) is 4.28. The lowest BCUT2D eigenvalue weighted by Crippen LogP contribution is -2.47. The average Bonchev–Trinajstić information content (AvgIpc) is 2.71. The molecule has 160 valence electrons. The van der Waals surface area contributed by atoms with Gasteiger partial charge in [-0.05, 0) is 44.2 Å². The van der Waals surface area contributed by atoms with Crippen LogP contribution < -0.4 is 10.1 Å². The van der Waals surface area contributed by atoms with E-state index in [4.69, 9.17) is 19.2 Å². The maximum atomic E-state index is 5.96. The van der Waals surface area contributed by atoms with Crippen LogP contribution in [0.5, 0.6) is 5.75 Å². The van der Waals surface area contributed by atoms with E-state index in [1.165, 1.54) is 5.56 Å². The fraction of sp³-hybridized carbons (Fsp3) is 0.667. The van der Waals surface area contributed by atoms with Crippen LogP contribution in [0.25, 0.3) is 0 Å². The Labute approximate surface area is 187 Å². The van der Waals surface area contributed by atoms with Crippen molar-refractivity contribution in [2.45, 2.75) is 38.7 Å². The molecule has 0 bridgehead atoms. The minimum Gasteiger partial charge on any atom is -0.496 e. The van der Waals surface area contributed by atoms with E-state index >= 15 is 0 Å². The molecule has 1 aromatic rings. The Bertz CT molecular complexity index is 564. The Morgan fingerprint density at radius 1 is 1.18 bits per heavy atom. The van der Waals surface area contributed by atoms with Crippen molar-refractivity contribution in [2.75, 3.05) is 53.6 Å². The number of nitrogens with one attached hydrogen (secondary N) is 1. The average molecular weight is 505 g/mol. The van der Waals surface area contributed by atoms with Gasteiger partial charge in [-0.25, -0.2) is 0 Å². The molecular formula is C21H36IN3O3. The molecule has 7 heteroatoms. The van der Waals surface area contributed by atoms with Crippen molar-refractivity contribution in [1.82, 2.24) is 10.2 Å². The third-order valence-corrected chi connectivity index (χ3v) is 4.76. The molecule has 2 rings (SSSR count). The number of rotatable bonds is 10. The van der Waals surface area contributed by atoms with Crippen molar-refractivity contribution in [2.24, 2.45) is 4.99 Å². The Morgan fingerprint density at radius 2 is 1.93 bits per heavy atom. The highest BCUT2D eigenvalue weighted by atomic mass is 127. The number of piperidine rings is 1. The summed E-state index contributed by atoms with van der Waals surface area (Å²) in [7, 11) is 3.45. The molecular weight excluding hydrogens is 469 g/mol. The molecule has 0 amide bonds. The number of guanidine groups is 1. The van der Waals surface area contributed by atoms with Gasteiger partial charge in [-0.1, -0.05) is 18.2 Å². The fourth-order valence-electron chi connectivity index (χ4n) is 3.31. The first-order chi connectivity index (χ1) is 13.3. The lowest BCUT2D eigenvalue weighted by Gasteiger charge is -2.34. The predicted molar refractivity (Wildman–Crippen MR) is 125 cm³/mol. The largest absolute Gasteiger partial charge is 0.496 e. The molecule has 0 aliphatic carbocycles. The standard InChI is InChI=1S/C21H35N3O3.HI/c1-4-22-21(23-13-10-18-8-5-6-9-20(18)26-3)24-14-11-19(12-15-24)27-17-7-16-25-2;/h5-6,8-9,19H,4,7,10-17H2,1-3H3,(H,22,23);1H. The van der Waals surface area contributed by atoms with Crippen LogP contribution in [-0.4, -0.2) is 70.6 Å². The highest BCUT2D eigenvalue weighted by Crippen LogP contribution is 2.18. The lowest BCUT2D eigenvalue weighted by atomic mass is 10.1. The Balaban J connectivity index is 0.00000392. The number of halogens is 1. The SMILES string of the molecule is CCNC(=NCCc1ccccc1OC)N1CCC(OCCCOC)CC1.I. The number of likely N-dealkylation sites (tertiary alicyclic amines) is 1. The summed E-state index contributed by atoms with van der Waals surface area (Å²) in [5.41, 5.74) is 1.20. The van der Waals surface area contributed by atoms with Crippen LogP contribution >= 0.6 is 24.0 Å². The van der Waals surface area contributed by atoms with Gasteiger partial charge in [-0.15, -0.1) is 24.0 Å². The quantitative estimate of drug-likeness (QED) is 0.229. The molecule has 1 aliphatic heterocycles. The number of nitrogens with zero attached hydrogens (tertiary/aromatic N) is 2. The summed E-state index contributed by atoms with van der Waals surface area (Å²) in [6, 6.07) is 8.15. The molecule has 1 fully saturated rings. The number of ether oxygens (including phenoxy) is 3. The van der Waals surface area contributed by atoms with Crippen LogP contribution in [0.2, 0.25) is 0 Å². The van der Waals surface area contributed by atoms with E-state index in [-0.39, 0.29) is 24.0 Å². The molecule has 0 atom stereocenters. The zero-order valence-corrected chi connectivity index (χ0v) is 19.8. The van der Waals surface area contributed by atoms with Crippen molar-refractivity contribution in [3.8, 4) is 5.75 Å². The topological polar surface area (TPSA) is 55.3 Å². The minimum absolute atomic E-state index is 0. The molecule has 28 heavy (non-hydrogen) atoms. The van der Waals surface area contributed by atoms with E-state index < -0.39 is 0 Å². The molecule has 0 spiro atoms. The molecule has 1 aromatic carbocycles. The van der Waals surface area contributed by atoms with Gasteiger partial charge < -0.3 is 24.4 Å². The summed E-state index contributed by atoms with van der Waals surface area (Å²) in [5, 5.41) is 3.43. The first-order valence-electron chi connectivity index (χ1n) is 10.0. The van der Waals surface area contributed by atoms with Gasteiger partial charge in [0, 0.05) is 46.5 Å². The van der Waals surface area contributed by atoms with Crippen LogP contribution in [0.15, 0.2) is 29.3 Å². The van der Waals surface area contributed by atoms with Gasteiger partial charge in [0.1, 0.15) is 5.75 Å². The lowest BCUT2D eigenvalue weighted by molar-refractivity contribution is 0.00991. The van der Waals surface area contributed by atoms with E-state index in [2.05, 4.69) is 23.2 Å². The van der Waals surface area contributed by atoms with E-state index in [9.17, 15) is 0 Å². The minimum atomic E-state index is 0. The second-order valence-electron chi connectivity index (χ2n) is 6.70. The summed E-state index contributed by atoms with van der Waals surface area (Å²) < 4.78 is 16.5. The van der Waals surface area contributed by atoms with Gasteiger partial charge in [0.05, 0.1) is 13.2 Å². The number of para-hydroxylation sites is 1. The summed E-state index contributed by atoms with van der Waals surface area (Å²) >= 11 is 0. The van der Waals surface area contributed by atoms with Gasteiger partial charge in [0.15, 0.2) is 5.96 Å². The first kappa shape index (κ1) is 25.0. The second kappa shape index (κ2) is 14.9. The van der Waals surface area contributed by atoms with Crippen LogP contribution in [0.1, 0.15) is 31.7 Å². The van der Waals surface area contributed by atoms with Gasteiger partial charge in [0.2, 0.25) is 0 Å². The van der Waals surface area contributed by atoms with Crippen LogP contribution in [0, 0.1) is 0 Å². The van der Waals surface area contributed by atoms with Crippen molar-refractivity contribution in [1.29, 1.82) is 0 Å². The second-order valence-corrected chi connectivity index (χ2v) is 6.70. The zero-order chi connectivity index (χ0) is 19.3. The van der Waals surface area contributed by atoms with Crippen LogP contribution in [0.3, 0.4) is 0 Å². The molecule has 0 unspecified atom stereocenters. The molecule has 1 N–H and O–H groups in total. The highest BCUT2D eigenvalue weighted by Gasteiger charge is 2.21. The first-order valence-corrected chi connectivity index (χ1v) is 10.0. The summed E-state index contributed by atoms with van der Waals surface area (Å²) in [6.45, 7) is 7.25. The number of methoxy groups -OCH3 is 2. The number of aliphatic imine (C=N–C) groups is 1. The summed E-state index contributed by atoms with van der Waals surface area (Å²) in [5.74, 6) is 1.94. The monoisotopic (exact) mass is 505 g/mol. The molecule has 0 aromatic heterocycles. The third kappa shape index (κ3) is 8.53. The molecule has 0 saturated carbocycles. The zero-order valence-electron chi connectivity index (χ0n) is 17.5. The maximum absolute atomic E-state index is 5.96. The van der Waals surface area contributed by atoms with Crippen molar-refractivity contribution >= 4 is 29.9 Å². The predicted octanol–water partition coefficient (Wildman–Crippen LogP) is 3.34. The van der Waals surface area contributed by atoms with Crippen molar-refractivity contribution < 1.29 is 14.2 Å². The highest BCUT2D eigenvalue weighted by molar-refractivity contribution is 14.0. The molecule has 0 radical (unpaired) electrons. The summed E-state index contributed by atoms with van der Waals surface area (Å²) in [4.78, 5) is 7.19. The van der Waals surface area contributed by atoms with Crippen LogP contribution in [-0.2, 0) is 15.9 Å². The molecule has 6 nitrogen and oxygen atoms in total. The number of benzene rings is 1. The van der Waals surface area contributed by atoms with Crippen molar-refractivity contribution in [3.63, 3.8) is 0 Å². The molecule has 1 heterocycles.